The molecule has 7 nitrogen and oxygen atoms in total. The first-order valence-electron chi connectivity index (χ1n) is 7.64. The van der Waals surface area contributed by atoms with Crippen LogP contribution in [-0.2, 0) is 29.2 Å². The summed E-state index contributed by atoms with van der Waals surface area (Å²) in [6.07, 6.45) is 3.61. The third kappa shape index (κ3) is 4.15. The van der Waals surface area contributed by atoms with Gasteiger partial charge in [0.2, 0.25) is 5.91 Å². The van der Waals surface area contributed by atoms with Gasteiger partial charge in [-0.25, -0.2) is 4.98 Å². The molecule has 0 spiro atoms. The van der Waals surface area contributed by atoms with Crippen LogP contribution in [0.3, 0.4) is 0 Å². The van der Waals surface area contributed by atoms with Crippen molar-refractivity contribution in [2.24, 2.45) is 5.92 Å². The smallest absolute Gasteiger partial charge is 0.226 e. The van der Waals surface area contributed by atoms with E-state index in [1.165, 1.54) is 0 Å². The lowest BCUT2D eigenvalue weighted by molar-refractivity contribution is -0.126. The quantitative estimate of drug-likeness (QED) is 0.788. The van der Waals surface area contributed by atoms with E-state index in [0.29, 0.717) is 26.2 Å². The second-order valence-electron chi connectivity index (χ2n) is 5.58. The fourth-order valence-corrected chi connectivity index (χ4v) is 3.42. The van der Waals surface area contributed by atoms with E-state index in [1.807, 2.05) is 22.3 Å². The highest BCUT2D eigenvalue weighted by molar-refractivity contribution is 7.09. The van der Waals surface area contributed by atoms with E-state index in [2.05, 4.69) is 20.3 Å². The fraction of sp³-hybridized carbons (Fsp3) is 0.533. The second kappa shape index (κ2) is 7.67. The molecule has 1 aliphatic heterocycles. The molecule has 2 aromatic heterocycles. The van der Waals surface area contributed by atoms with E-state index in [-0.39, 0.29) is 11.8 Å². The Morgan fingerprint density at radius 3 is 3.17 bits per heavy atom. The lowest BCUT2D eigenvalue weighted by Crippen LogP contribution is -2.40. The van der Waals surface area contributed by atoms with Gasteiger partial charge in [0.25, 0.3) is 0 Å². The molecule has 0 unspecified atom stereocenters. The summed E-state index contributed by atoms with van der Waals surface area (Å²) in [5, 5.41) is 10.3. The molecule has 0 aromatic carbocycles. The van der Waals surface area contributed by atoms with Crippen molar-refractivity contribution >= 4 is 17.2 Å². The van der Waals surface area contributed by atoms with E-state index in [9.17, 15) is 4.79 Å². The van der Waals surface area contributed by atoms with Crippen molar-refractivity contribution in [1.29, 1.82) is 0 Å². The van der Waals surface area contributed by atoms with E-state index in [1.54, 1.807) is 24.6 Å². The molecule has 1 amide bonds. The van der Waals surface area contributed by atoms with Crippen LogP contribution in [0.25, 0.3) is 0 Å². The van der Waals surface area contributed by atoms with Crippen LogP contribution in [0.15, 0.2) is 23.8 Å². The zero-order valence-electron chi connectivity index (χ0n) is 13.1. The Morgan fingerprint density at radius 1 is 1.48 bits per heavy atom. The van der Waals surface area contributed by atoms with Gasteiger partial charge in [0.15, 0.2) is 0 Å². The summed E-state index contributed by atoms with van der Waals surface area (Å²) in [6.45, 7) is 3.89. The summed E-state index contributed by atoms with van der Waals surface area (Å²) in [6, 6.07) is 2.01. The Morgan fingerprint density at radius 2 is 2.39 bits per heavy atom. The second-order valence-corrected chi connectivity index (χ2v) is 6.56. The number of hydrogen-bond acceptors (Lipinski definition) is 6. The van der Waals surface area contributed by atoms with E-state index < -0.39 is 0 Å². The highest BCUT2D eigenvalue weighted by atomic mass is 32.1. The summed E-state index contributed by atoms with van der Waals surface area (Å²) in [5.74, 6) is -0.0810. The number of hydrogen-bond donors (Lipinski definition) is 1. The van der Waals surface area contributed by atoms with Crippen molar-refractivity contribution in [2.75, 3.05) is 26.8 Å². The van der Waals surface area contributed by atoms with Crippen LogP contribution in [0.1, 0.15) is 10.7 Å². The van der Waals surface area contributed by atoms with Crippen LogP contribution in [0.5, 0.6) is 0 Å². The van der Waals surface area contributed by atoms with E-state index in [0.717, 1.165) is 23.8 Å². The van der Waals surface area contributed by atoms with Crippen molar-refractivity contribution in [3.05, 3.63) is 34.5 Å². The Bertz CT molecular complexity index is 628. The van der Waals surface area contributed by atoms with Gasteiger partial charge in [0, 0.05) is 44.5 Å². The standard InChI is InChI=1S/C15H21N5O2S/c1-22-6-4-17-15(21)12-8-19(11-14-16-5-7-23-14)10-13-2-3-18-20(13)9-12/h2-3,5,7,12H,4,6,8-11H2,1H3,(H,17,21)/t12-/m1/s1. The number of methoxy groups -OCH3 is 1. The summed E-state index contributed by atoms with van der Waals surface area (Å²) < 4.78 is 6.92. The predicted octanol–water partition coefficient (Wildman–Crippen LogP) is 0.734. The minimum Gasteiger partial charge on any atom is -0.383 e. The van der Waals surface area contributed by atoms with Crippen molar-refractivity contribution in [1.82, 2.24) is 25.0 Å². The molecule has 1 N–H and O–H groups in total. The molecule has 3 rings (SSSR count). The Hall–Kier alpha value is -1.77. The highest BCUT2D eigenvalue weighted by Gasteiger charge is 2.27. The fourth-order valence-electron chi connectivity index (χ4n) is 2.76. The summed E-state index contributed by atoms with van der Waals surface area (Å²) >= 11 is 1.64. The van der Waals surface area contributed by atoms with Crippen molar-refractivity contribution in [3.63, 3.8) is 0 Å². The number of rotatable bonds is 6. The third-order valence-corrected chi connectivity index (χ3v) is 4.64. The molecule has 0 aliphatic carbocycles. The number of carbonyl (C=O) groups is 1. The number of nitrogens with zero attached hydrogens (tertiary/aromatic N) is 4. The van der Waals surface area contributed by atoms with Crippen molar-refractivity contribution < 1.29 is 9.53 Å². The van der Waals surface area contributed by atoms with Crippen LogP contribution < -0.4 is 5.32 Å². The van der Waals surface area contributed by atoms with Crippen LogP contribution in [0.2, 0.25) is 0 Å². The number of carbonyl (C=O) groups excluding carboxylic acids is 1. The summed E-state index contributed by atoms with van der Waals surface area (Å²) in [4.78, 5) is 19.1. The first-order valence-corrected chi connectivity index (χ1v) is 8.52. The third-order valence-electron chi connectivity index (χ3n) is 3.88. The van der Waals surface area contributed by atoms with Crippen molar-refractivity contribution in [3.8, 4) is 0 Å². The van der Waals surface area contributed by atoms with Crippen LogP contribution in [0.4, 0.5) is 0 Å². The average molecular weight is 335 g/mol. The van der Waals surface area contributed by atoms with Gasteiger partial charge in [-0.05, 0) is 6.07 Å². The molecule has 23 heavy (non-hydrogen) atoms. The van der Waals surface area contributed by atoms with Crippen molar-refractivity contribution in [2.45, 2.75) is 19.6 Å². The number of fused-ring (bicyclic) bond motifs is 1. The zero-order chi connectivity index (χ0) is 16.1. The Labute approximate surface area is 139 Å². The van der Waals surface area contributed by atoms with Gasteiger partial charge in [-0.2, -0.15) is 5.10 Å². The van der Waals surface area contributed by atoms with Crippen LogP contribution >= 0.6 is 11.3 Å². The molecule has 0 saturated carbocycles. The molecule has 124 valence electrons. The maximum Gasteiger partial charge on any atom is 0.226 e. The van der Waals surface area contributed by atoms with Gasteiger partial charge in [-0.15, -0.1) is 11.3 Å². The minimum absolute atomic E-state index is 0.0505. The monoisotopic (exact) mass is 335 g/mol. The lowest BCUT2D eigenvalue weighted by Gasteiger charge is -2.22. The van der Waals surface area contributed by atoms with Crippen LogP contribution in [-0.4, -0.2) is 52.4 Å². The van der Waals surface area contributed by atoms with E-state index in [4.69, 9.17) is 4.74 Å². The molecular weight excluding hydrogens is 314 g/mol. The molecule has 0 bridgehead atoms. The molecule has 8 heteroatoms. The lowest BCUT2D eigenvalue weighted by atomic mass is 10.1. The number of amides is 1. The maximum absolute atomic E-state index is 12.5. The molecule has 0 fully saturated rings. The summed E-state index contributed by atoms with van der Waals surface area (Å²) in [7, 11) is 1.63. The number of ether oxygens (including phenoxy) is 1. The number of thiazole rings is 1. The number of nitrogens with one attached hydrogen (secondary N) is 1. The predicted molar refractivity (Wildman–Crippen MR) is 86.8 cm³/mol. The Balaban J connectivity index is 1.70. The molecule has 2 aromatic rings. The van der Waals surface area contributed by atoms with Gasteiger partial charge >= 0.3 is 0 Å². The Kier molecular flexibility index (Phi) is 5.37. The average Bonchev–Trinajstić information content (AvgIpc) is 3.16. The first kappa shape index (κ1) is 16.1. The SMILES string of the molecule is COCCNC(=O)[C@@H]1CN(Cc2nccs2)Cc2ccnn2C1. The van der Waals surface area contributed by atoms with Crippen LogP contribution in [0, 0.1) is 5.92 Å². The highest BCUT2D eigenvalue weighted by Crippen LogP contribution is 2.19. The molecule has 0 radical (unpaired) electrons. The molecule has 1 aliphatic rings. The summed E-state index contributed by atoms with van der Waals surface area (Å²) in [5.41, 5.74) is 1.13. The van der Waals surface area contributed by atoms with Gasteiger partial charge in [-0.3, -0.25) is 14.4 Å². The van der Waals surface area contributed by atoms with Gasteiger partial charge in [0.05, 0.1) is 31.3 Å². The van der Waals surface area contributed by atoms with Gasteiger partial charge in [-0.1, -0.05) is 0 Å². The minimum atomic E-state index is -0.132. The molecule has 1 atom stereocenters. The zero-order valence-corrected chi connectivity index (χ0v) is 14.0. The number of aromatic nitrogens is 3. The topological polar surface area (TPSA) is 72.3 Å². The molecular formula is C15H21N5O2S. The molecule has 0 saturated heterocycles. The first-order chi connectivity index (χ1) is 11.3. The normalized spacial score (nSPS) is 18.4. The van der Waals surface area contributed by atoms with Gasteiger partial charge in [0.1, 0.15) is 5.01 Å². The van der Waals surface area contributed by atoms with Gasteiger partial charge < -0.3 is 10.1 Å². The largest absolute Gasteiger partial charge is 0.383 e. The van der Waals surface area contributed by atoms with E-state index >= 15 is 0 Å². The maximum atomic E-state index is 12.5. The molecule has 3 heterocycles.